The van der Waals surface area contributed by atoms with E-state index in [1.165, 1.54) is 13.0 Å². The number of carbonyl (C=O) groups is 2. The second-order valence-electron chi connectivity index (χ2n) is 6.77. The first-order valence-corrected chi connectivity index (χ1v) is 10.4. The number of carbonyl (C=O) groups excluding carboxylic acids is 2. The van der Waals surface area contributed by atoms with E-state index >= 15 is 0 Å². The molecule has 0 radical (unpaired) electrons. The SMILES string of the molecule is Cc1cc2c(cc1S(=O)(=O)[C@H](C)CC(=O)NCc1ccccc1)OCC(=O)N2. The molecule has 2 aromatic rings. The lowest BCUT2D eigenvalue weighted by Crippen LogP contribution is -2.30. The molecule has 2 N–H and O–H groups in total. The summed E-state index contributed by atoms with van der Waals surface area (Å²) in [4.78, 5) is 23.7. The lowest BCUT2D eigenvalue weighted by atomic mass is 10.2. The molecule has 1 aliphatic heterocycles. The largest absolute Gasteiger partial charge is 0.482 e. The van der Waals surface area contributed by atoms with Crippen LogP contribution in [-0.4, -0.2) is 32.1 Å². The van der Waals surface area contributed by atoms with E-state index in [1.807, 2.05) is 30.3 Å². The number of nitrogens with one attached hydrogen (secondary N) is 2. The molecular weight excluding hydrogens is 380 g/mol. The van der Waals surface area contributed by atoms with Crippen molar-refractivity contribution >= 4 is 27.3 Å². The number of benzene rings is 2. The van der Waals surface area contributed by atoms with Crippen LogP contribution in [0.25, 0.3) is 0 Å². The van der Waals surface area contributed by atoms with Gasteiger partial charge in [0.2, 0.25) is 5.91 Å². The maximum absolute atomic E-state index is 13.0. The Hall–Kier alpha value is -2.87. The Morgan fingerprint density at radius 1 is 1.25 bits per heavy atom. The Morgan fingerprint density at radius 3 is 2.68 bits per heavy atom. The summed E-state index contributed by atoms with van der Waals surface area (Å²) in [5.41, 5.74) is 1.87. The van der Waals surface area contributed by atoms with Gasteiger partial charge in [0, 0.05) is 19.0 Å². The number of hydrogen-bond acceptors (Lipinski definition) is 5. The number of rotatable bonds is 6. The van der Waals surface area contributed by atoms with Gasteiger partial charge < -0.3 is 15.4 Å². The first-order valence-electron chi connectivity index (χ1n) is 8.89. The van der Waals surface area contributed by atoms with E-state index in [0.717, 1.165) is 5.56 Å². The molecule has 0 aliphatic carbocycles. The molecule has 28 heavy (non-hydrogen) atoms. The molecule has 148 valence electrons. The zero-order valence-electron chi connectivity index (χ0n) is 15.7. The maximum atomic E-state index is 13.0. The standard InChI is InChI=1S/C20H22N2O5S/c1-13-8-16-17(27-12-20(24)22-16)10-18(13)28(25,26)14(2)9-19(23)21-11-15-6-4-3-5-7-15/h3-8,10,14H,9,11-12H2,1-2H3,(H,21,23)(H,22,24)/t14-/m1/s1. The summed E-state index contributed by atoms with van der Waals surface area (Å²) >= 11 is 0. The summed E-state index contributed by atoms with van der Waals surface area (Å²) in [6.07, 6.45) is -0.150. The van der Waals surface area contributed by atoms with Crippen molar-refractivity contribution in [3.05, 3.63) is 53.6 Å². The molecule has 0 bridgehead atoms. The van der Waals surface area contributed by atoms with Gasteiger partial charge in [-0.25, -0.2) is 8.42 Å². The molecule has 2 amide bonds. The number of ether oxygens (including phenoxy) is 1. The molecule has 0 fully saturated rings. The fourth-order valence-corrected chi connectivity index (χ4v) is 4.56. The van der Waals surface area contributed by atoms with Crippen LogP contribution in [0.1, 0.15) is 24.5 Å². The monoisotopic (exact) mass is 402 g/mol. The highest BCUT2D eigenvalue weighted by molar-refractivity contribution is 7.92. The highest BCUT2D eigenvalue weighted by Gasteiger charge is 2.29. The molecule has 0 aromatic heterocycles. The minimum absolute atomic E-state index is 0.103. The maximum Gasteiger partial charge on any atom is 0.262 e. The van der Waals surface area contributed by atoms with Gasteiger partial charge in [-0.05, 0) is 31.0 Å². The second kappa shape index (κ2) is 8.02. The quantitative estimate of drug-likeness (QED) is 0.771. The molecule has 2 aromatic carbocycles. The smallest absolute Gasteiger partial charge is 0.262 e. The van der Waals surface area contributed by atoms with Crippen molar-refractivity contribution in [2.75, 3.05) is 11.9 Å². The van der Waals surface area contributed by atoms with Gasteiger partial charge >= 0.3 is 0 Å². The molecule has 3 rings (SSSR count). The summed E-state index contributed by atoms with van der Waals surface area (Å²) in [7, 11) is -3.75. The fraction of sp³-hybridized carbons (Fsp3) is 0.300. The van der Waals surface area contributed by atoms with Gasteiger partial charge in [0.25, 0.3) is 5.91 Å². The summed E-state index contributed by atoms with van der Waals surface area (Å²) in [5, 5.41) is 4.49. The summed E-state index contributed by atoms with van der Waals surface area (Å²) < 4.78 is 31.3. The predicted octanol–water partition coefficient (Wildman–Crippen LogP) is 2.19. The third-order valence-electron chi connectivity index (χ3n) is 4.55. The van der Waals surface area contributed by atoms with Crippen molar-refractivity contribution in [3.8, 4) is 5.75 Å². The lowest BCUT2D eigenvalue weighted by Gasteiger charge is -2.21. The Morgan fingerprint density at radius 2 is 1.96 bits per heavy atom. The Bertz CT molecular complexity index is 1000. The van der Waals surface area contributed by atoms with Crippen LogP contribution < -0.4 is 15.4 Å². The molecule has 1 aliphatic rings. The van der Waals surface area contributed by atoms with E-state index in [0.29, 0.717) is 23.5 Å². The second-order valence-corrected chi connectivity index (χ2v) is 9.11. The molecule has 0 saturated heterocycles. The Balaban J connectivity index is 1.71. The van der Waals surface area contributed by atoms with E-state index in [1.54, 1.807) is 13.0 Å². The van der Waals surface area contributed by atoms with Crippen molar-refractivity contribution in [2.45, 2.75) is 37.0 Å². The first kappa shape index (κ1) is 19.9. The average molecular weight is 402 g/mol. The van der Waals surface area contributed by atoms with Crippen LogP contribution in [-0.2, 0) is 26.0 Å². The van der Waals surface area contributed by atoms with Crippen molar-refractivity contribution < 1.29 is 22.7 Å². The average Bonchev–Trinajstić information content (AvgIpc) is 2.66. The molecule has 1 heterocycles. The third kappa shape index (κ3) is 4.33. The number of amides is 2. The van der Waals surface area contributed by atoms with Gasteiger partial charge in [-0.2, -0.15) is 0 Å². The summed E-state index contributed by atoms with van der Waals surface area (Å²) in [6.45, 7) is 3.35. The van der Waals surface area contributed by atoms with Crippen LogP contribution >= 0.6 is 0 Å². The van der Waals surface area contributed by atoms with Crippen molar-refractivity contribution in [2.24, 2.45) is 0 Å². The third-order valence-corrected chi connectivity index (χ3v) is 6.83. The molecular formula is C20H22N2O5S. The normalized spacial score (nSPS) is 14.4. The van der Waals surface area contributed by atoms with Crippen LogP contribution in [0, 0.1) is 6.92 Å². The molecule has 7 nitrogen and oxygen atoms in total. The first-order chi connectivity index (χ1) is 13.3. The number of sulfone groups is 1. The van der Waals surface area contributed by atoms with Crippen LogP contribution in [0.3, 0.4) is 0 Å². The fourth-order valence-electron chi connectivity index (χ4n) is 2.98. The molecule has 8 heteroatoms. The summed E-state index contributed by atoms with van der Waals surface area (Å²) in [6, 6.07) is 12.4. The van der Waals surface area contributed by atoms with Gasteiger partial charge in [-0.15, -0.1) is 0 Å². The Labute approximate surface area is 164 Å². The van der Waals surface area contributed by atoms with E-state index in [2.05, 4.69) is 10.6 Å². The number of aryl methyl sites for hydroxylation is 1. The summed E-state index contributed by atoms with van der Waals surface area (Å²) in [5.74, 6) is -0.311. The van der Waals surface area contributed by atoms with Gasteiger partial charge in [-0.1, -0.05) is 30.3 Å². The zero-order valence-corrected chi connectivity index (χ0v) is 16.5. The van der Waals surface area contributed by atoms with E-state index in [-0.39, 0.29) is 29.7 Å². The zero-order chi connectivity index (χ0) is 20.3. The van der Waals surface area contributed by atoms with Gasteiger partial charge in [0.05, 0.1) is 15.8 Å². The van der Waals surface area contributed by atoms with Crippen LogP contribution in [0.5, 0.6) is 5.75 Å². The van der Waals surface area contributed by atoms with Gasteiger partial charge in [-0.3, -0.25) is 9.59 Å². The van der Waals surface area contributed by atoms with Crippen molar-refractivity contribution in [1.82, 2.24) is 5.32 Å². The van der Waals surface area contributed by atoms with E-state index < -0.39 is 15.1 Å². The van der Waals surface area contributed by atoms with Crippen molar-refractivity contribution in [1.29, 1.82) is 0 Å². The van der Waals surface area contributed by atoms with Gasteiger partial charge in [0.1, 0.15) is 5.75 Å². The minimum atomic E-state index is -3.75. The predicted molar refractivity (Wildman–Crippen MR) is 105 cm³/mol. The minimum Gasteiger partial charge on any atom is -0.482 e. The highest BCUT2D eigenvalue weighted by atomic mass is 32.2. The van der Waals surface area contributed by atoms with E-state index in [4.69, 9.17) is 4.74 Å². The molecule has 1 atom stereocenters. The van der Waals surface area contributed by atoms with Crippen LogP contribution in [0.2, 0.25) is 0 Å². The molecule has 0 spiro atoms. The van der Waals surface area contributed by atoms with E-state index in [9.17, 15) is 18.0 Å². The van der Waals surface area contributed by atoms with Crippen molar-refractivity contribution in [3.63, 3.8) is 0 Å². The molecule has 0 saturated carbocycles. The molecule has 0 unspecified atom stereocenters. The lowest BCUT2D eigenvalue weighted by molar-refractivity contribution is -0.121. The van der Waals surface area contributed by atoms with Crippen LogP contribution in [0.4, 0.5) is 5.69 Å². The number of anilines is 1. The van der Waals surface area contributed by atoms with Crippen LogP contribution in [0.15, 0.2) is 47.4 Å². The topological polar surface area (TPSA) is 102 Å². The number of hydrogen-bond donors (Lipinski definition) is 2. The highest BCUT2D eigenvalue weighted by Crippen LogP contribution is 2.34. The Kier molecular flexibility index (Phi) is 5.69. The van der Waals surface area contributed by atoms with Gasteiger partial charge in [0.15, 0.2) is 16.4 Å². The number of fused-ring (bicyclic) bond motifs is 1.